The lowest BCUT2D eigenvalue weighted by molar-refractivity contribution is -0.384. The minimum Gasteiger partial charge on any atom is -0.326 e. The summed E-state index contributed by atoms with van der Waals surface area (Å²) in [7, 11) is 0. The summed E-state index contributed by atoms with van der Waals surface area (Å²) in [5.41, 5.74) is 3.91. The predicted octanol–water partition coefficient (Wildman–Crippen LogP) is 2.85. The molecule has 0 spiro atoms. The Labute approximate surface area is 150 Å². The number of rotatable bonds is 7. The van der Waals surface area contributed by atoms with Gasteiger partial charge in [0.1, 0.15) is 0 Å². The molecule has 0 aromatic heterocycles. The number of nitro groups is 1. The topological polar surface area (TPSA) is 114 Å². The summed E-state index contributed by atoms with van der Waals surface area (Å²) >= 11 is 0. The first-order valence-corrected chi connectivity index (χ1v) is 7.88. The monoisotopic (exact) mass is 354 g/mol. The van der Waals surface area contributed by atoms with Crippen molar-refractivity contribution in [2.45, 2.75) is 19.8 Å². The van der Waals surface area contributed by atoms with Crippen LogP contribution in [-0.4, -0.2) is 22.4 Å². The number of amides is 2. The fraction of sp³-hybridized carbons (Fsp3) is 0.167. The zero-order valence-electron chi connectivity index (χ0n) is 14.1. The summed E-state index contributed by atoms with van der Waals surface area (Å²) in [5.74, 6) is -0.691. The minimum atomic E-state index is -0.499. The second-order valence-electron chi connectivity index (χ2n) is 5.45. The highest BCUT2D eigenvalue weighted by Gasteiger charge is 2.09. The van der Waals surface area contributed by atoms with Crippen LogP contribution in [0.5, 0.6) is 0 Å². The lowest BCUT2D eigenvalue weighted by Gasteiger charge is -2.05. The number of carbonyl (C=O) groups excluding carboxylic acids is 2. The van der Waals surface area contributed by atoms with Crippen LogP contribution >= 0.6 is 0 Å². The summed E-state index contributed by atoms with van der Waals surface area (Å²) in [6, 6.07) is 14.9. The molecule has 0 unspecified atom stereocenters. The standard InChI is InChI=1S/C18H18N4O4/c1-13(14-6-5-9-16(12-14)22(25)26)20-21-18(24)11-10-17(23)19-15-7-3-2-4-8-15/h2-9,12H,10-11H2,1H3,(H,19,23)(H,21,24). The van der Waals surface area contributed by atoms with Crippen LogP contribution in [0.25, 0.3) is 0 Å². The van der Waals surface area contributed by atoms with Gasteiger partial charge in [-0.25, -0.2) is 5.43 Å². The Hall–Kier alpha value is -3.55. The lowest BCUT2D eigenvalue weighted by atomic mass is 10.1. The molecular weight excluding hydrogens is 336 g/mol. The summed E-state index contributed by atoms with van der Waals surface area (Å²) in [6.45, 7) is 1.63. The number of anilines is 1. The van der Waals surface area contributed by atoms with Gasteiger partial charge in [0.05, 0.1) is 10.6 Å². The maximum Gasteiger partial charge on any atom is 0.270 e. The Bertz CT molecular complexity index is 834. The van der Waals surface area contributed by atoms with E-state index in [1.165, 1.54) is 12.1 Å². The number of para-hydroxylation sites is 1. The molecule has 0 fully saturated rings. The number of nitrogens with zero attached hydrogens (tertiary/aromatic N) is 2. The summed E-state index contributed by atoms with van der Waals surface area (Å²) < 4.78 is 0. The van der Waals surface area contributed by atoms with Gasteiger partial charge in [0.25, 0.3) is 5.69 Å². The second-order valence-corrected chi connectivity index (χ2v) is 5.45. The van der Waals surface area contributed by atoms with Crippen molar-refractivity contribution in [2.24, 2.45) is 5.10 Å². The van der Waals surface area contributed by atoms with E-state index in [1.807, 2.05) is 6.07 Å². The number of carbonyl (C=O) groups is 2. The first kappa shape index (κ1) is 18.8. The summed E-state index contributed by atoms with van der Waals surface area (Å²) in [4.78, 5) is 33.9. The Morgan fingerprint density at radius 3 is 2.42 bits per heavy atom. The third-order valence-electron chi connectivity index (χ3n) is 3.46. The fourth-order valence-electron chi connectivity index (χ4n) is 2.08. The quantitative estimate of drug-likeness (QED) is 0.452. The Kier molecular flexibility index (Phi) is 6.55. The van der Waals surface area contributed by atoms with E-state index in [-0.39, 0.29) is 24.4 Å². The van der Waals surface area contributed by atoms with Gasteiger partial charge in [0, 0.05) is 36.2 Å². The van der Waals surface area contributed by atoms with Crippen molar-refractivity contribution < 1.29 is 14.5 Å². The number of nitrogens with one attached hydrogen (secondary N) is 2. The average molecular weight is 354 g/mol. The first-order valence-electron chi connectivity index (χ1n) is 7.88. The maximum absolute atomic E-state index is 11.8. The van der Waals surface area contributed by atoms with Crippen molar-refractivity contribution >= 4 is 28.9 Å². The molecule has 2 N–H and O–H groups in total. The van der Waals surface area contributed by atoms with Crippen LogP contribution in [-0.2, 0) is 9.59 Å². The maximum atomic E-state index is 11.8. The molecule has 0 heterocycles. The van der Waals surface area contributed by atoms with Gasteiger partial charge in [-0.05, 0) is 19.1 Å². The smallest absolute Gasteiger partial charge is 0.270 e. The Balaban J connectivity index is 1.83. The van der Waals surface area contributed by atoms with Crippen molar-refractivity contribution in [3.05, 3.63) is 70.3 Å². The van der Waals surface area contributed by atoms with Crippen LogP contribution in [0.4, 0.5) is 11.4 Å². The Morgan fingerprint density at radius 1 is 1.04 bits per heavy atom. The molecule has 0 atom stereocenters. The predicted molar refractivity (Wildman–Crippen MR) is 97.8 cm³/mol. The molecule has 0 saturated heterocycles. The minimum absolute atomic E-state index is 0.0199. The van der Waals surface area contributed by atoms with Crippen molar-refractivity contribution in [3.63, 3.8) is 0 Å². The zero-order chi connectivity index (χ0) is 18.9. The zero-order valence-corrected chi connectivity index (χ0v) is 14.1. The van der Waals surface area contributed by atoms with Gasteiger partial charge >= 0.3 is 0 Å². The first-order chi connectivity index (χ1) is 12.5. The molecule has 2 rings (SSSR count). The summed E-state index contributed by atoms with van der Waals surface area (Å²) in [6.07, 6.45) is -0.00348. The molecule has 8 nitrogen and oxygen atoms in total. The van der Waals surface area contributed by atoms with E-state index in [2.05, 4.69) is 15.8 Å². The van der Waals surface area contributed by atoms with Crippen molar-refractivity contribution in [1.82, 2.24) is 5.43 Å². The number of nitro benzene ring substituents is 1. The Morgan fingerprint density at radius 2 is 1.73 bits per heavy atom. The molecule has 2 aromatic rings. The highest BCUT2D eigenvalue weighted by molar-refractivity contribution is 6.00. The molecule has 0 saturated carbocycles. The van der Waals surface area contributed by atoms with E-state index in [0.29, 0.717) is 17.0 Å². The molecule has 8 heteroatoms. The van der Waals surface area contributed by atoms with Crippen LogP contribution in [0.3, 0.4) is 0 Å². The van der Waals surface area contributed by atoms with Crippen molar-refractivity contribution in [2.75, 3.05) is 5.32 Å². The van der Waals surface area contributed by atoms with Crippen molar-refractivity contribution in [3.8, 4) is 0 Å². The van der Waals surface area contributed by atoms with Gasteiger partial charge < -0.3 is 5.32 Å². The SMILES string of the molecule is CC(=NNC(=O)CCC(=O)Nc1ccccc1)c1cccc([N+](=O)[O-])c1. The van der Waals surface area contributed by atoms with E-state index in [9.17, 15) is 19.7 Å². The normalized spacial score (nSPS) is 10.9. The third kappa shape index (κ3) is 5.82. The average Bonchev–Trinajstić information content (AvgIpc) is 2.65. The van der Waals surface area contributed by atoms with E-state index in [1.54, 1.807) is 43.3 Å². The van der Waals surface area contributed by atoms with Crippen LogP contribution in [0, 0.1) is 10.1 Å². The van der Waals surface area contributed by atoms with Gasteiger partial charge in [-0.3, -0.25) is 19.7 Å². The fourth-order valence-corrected chi connectivity index (χ4v) is 2.08. The molecule has 0 aliphatic heterocycles. The second kappa shape index (κ2) is 9.07. The molecule has 134 valence electrons. The van der Waals surface area contributed by atoms with Crippen LogP contribution in [0.1, 0.15) is 25.3 Å². The third-order valence-corrected chi connectivity index (χ3v) is 3.46. The van der Waals surface area contributed by atoms with Gasteiger partial charge in [-0.15, -0.1) is 0 Å². The molecule has 2 amide bonds. The van der Waals surface area contributed by atoms with Crippen molar-refractivity contribution in [1.29, 1.82) is 0 Å². The van der Waals surface area contributed by atoms with Crippen LogP contribution < -0.4 is 10.7 Å². The summed E-state index contributed by atoms with van der Waals surface area (Å²) in [5, 5.41) is 17.4. The van der Waals surface area contributed by atoms with E-state index in [4.69, 9.17) is 0 Å². The van der Waals surface area contributed by atoms with Gasteiger partial charge in [0.2, 0.25) is 11.8 Å². The molecule has 0 aliphatic rings. The van der Waals surface area contributed by atoms with Crippen LogP contribution in [0.15, 0.2) is 59.7 Å². The van der Waals surface area contributed by atoms with E-state index in [0.717, 1.165) is 0 Å². The number of hydrogen-bond acceptors (Lipinski definition) is 5. The lowest BCUT2D eigenvalue weighted by Crippen LogP contribution is -2.21. The van der Waals surface area contributed by atoms with Gasteiger partial charge in [0.15, 0.2) is 0 Å². The van der Waals surface area contributed by atoms with E-state index < -0.39 is 10.8 Å². The number of non-ortho nitro benzene ring substituents is 1. The van der Waals surface area contributed by atoms with Gasteiger partial charge in [-0.2, -0.15) is 5.10 Å². The van der Waals surface area contributed by atoms with Crippen LogP contribution in [0.2, 0.25) is 0 Å². The largest absolute Gasteiger partial charge is 0.326 e. The molecule has 2 aromatic carbocycles. The number of hydrogen-bond donors (Lipinski definition) is 2. The molecule has 0 bridgehead atoms. The number of hydrazone groups is 1. The molecule has 0 aliphatic carbocycles. The molecular formula is C18H18N4O4. The molecule has 26 heavy (non-hydrogen) atoms. The van der Waals surface area contributed by atoms with Gasteiger partial charge in [-0.1, -0.05) is 30.3 Å². The highest BCUT2D eigenvalue weighted by atomic mass is 16.6. The number of benzene rings is 2. The van der Waals surface area contributed by atoms with E-state index >= 15 is 0 Å². The molecule has 0 radical (unpaired) electrons. The highest BCUT2D eigenvalue weighted by Crippen LogP contribution is 2.13.